The fraction of sp³-hybridized carbons (Fsp3) is 0.316. The van der Waals surface area contributed by atoms with Crippen molar-refractivity contribution in [1.82, 2.24) is 10.0 Å². The highest BCUT2D eigenvalue weighted by molar-refractivity contribution is 7.89. The molecule has 3 atom stereocenters. The summed E-state index contributed by atoms with van der Waals surface area (Å²) in [7, 11) is -3.78. The van der Waals surface area contributed by atoms with Gasteiger partial charge in [-0.15, -0.1) is 0 Å². The van der Waals surface area contributed by atoms with E-state index in [1.807, 2.05) is 0 Å². The van der Waals surface area contributed by atoms with Gasteiger partial charge in [-0.05, 0) is 24.3 Å². The quantitative estimate of drug-likeness (QED) is 0.610. The van der Waals surface area contributed by atoms with Gasteiger partial charge in [0, 0.05) is 11.6 Å². The van der Waals surface area contributed by atoms with Crippen molar-refractivity contribution < 1.29 is 36.4 Å². The van der Waals surface area contributed by atoms with Crippen LogP contribution in [0.15, 0.2) is 47.8 Å². The van der Waals surface area contributed by atoms with Gasteiger partial charge in [0.1, 0.15) is 18.2 Å². The number of carbonyl (C=O) groups is 2. The number of ether oxygens (including phenoxy) is 1. The lowest BCUT2D eigenvalue weighted by atomic mass is 9.82. The van der Waals surface area contributed by atoms with E-state index in [1.165, 1.54) is 12.2 Å². The standard InChI is InChI=1S/C19H19F2N3O6S/c1-4-19(10(2)16(23-30-19)11-5-12(20)7-13(21)6-11)18(26)22-14-8-15(29-9-14)17(25)24-31(3,27)28/h4-8,10,14H,1,9H2,2-3H3,(H,22,26)(H,24,25)/t10?,14-,19+/m1/s1. The second-order valence-electron chi connectivity index (χ2n) is 7.07. The summed E-state index contributed by atoms with van der Waals surface area (Å²) in [6.45, 7) is 5.09. The van der Waals surface area contributed by atoms with Crippen LogP contribution in [0.2, 0.25) is 0 Å². The molecule has 2 aliphatic rings. The van der Waals surface area contributed by atoms with Crippen molar-refractivity contribution in [1.29, 1.82) is 0 Å². The van der Waals surface area contributed by atoms with Gasteiger partial charge in [-0.2, -0.15) is 0 Å². The zero-order chi connectivity index (χ0) is 23.0. The van der Waals surface area contributed by atoms with Gasteiger partial charge in [-0.3, -0.25) is 9.59 Å². The second-order valence-corrected chi connectivity index (χ2v) is 8.82. The molecule has 0 fully saturated rings. The molecule has 2 N–H and O–H groups in total. The predicted molar refractivity (Wildman–Crippen MR) is 105 cm³/mol. The summed E-state index contributed by atoms with van der Waals surface area (Å²) >= 11 is 0. The van der Waals surface area contributed by atoms with E-state index in [0.29, 0.717) is 6.07 Å². The van der Waals surface area contributed by atoms with Crippen molar-refractivity contribution in [3.63, 3.8) is 0 Å². The summed E-state index contributed by atoms with van der Waals surface area (Å²) in [5.41, 5.74) is -1.41. The Kier molecular flexibility index (Phi) is 5.85. The van der Waals surface area contributed by atoms with Crippen LogP contribution in [0.1, 0.15) is 12.5 Å². The Labute approximate surface area is 176 Å². The Bertz CT molecular complexity index is 1100. The minimum absolute atomic E-state index is 0.116. The fourth-order valence-corrected chi connectivity index (χ4v) is 3.66. The Morgan fingerprint density at radius 2 is 1.94 bits per heavy atom. The maximum atomic E-state index is 13.6. The molecule has 2 aliphatic heterocycles. The number of nitrogens with one attached hydrogen (secondary N) is 2. The SMILES string of the molecule is C=C[C@]1(C(=O)N[C@@H]2C=C(C(=O)NS(C)(=O)=O)OC2)ON=C(c2cc(F)cc(F)c2)C1C. The summed E-state index contributed by atoms with van der Waals surface area (Å²) in [6.07, 6.45) is 3.28. The maximum absolute atomic E-state index is 13.6. The van der Waals surface area contributed by atoms with E-state index in [2.05, 4.69) is 17.1 Å². The normalized spacial score (nSPS) is 25.0. The predicted octanol–water partition coefficient (Wildman–Crippen LogP) is 0.735. The molecule has 2 amide bonds. The molecule has 1 aromatic carbocycles. The van der Waals surface area contributed by atoms with E-state index >= 15 is 0 Å². The molecule has 0 saturated heterocycles. The van der Waals surface area contributed by atoms with Crippen LogP contribution < -0.4 is 10.0 Å². The average Bonchev–Trinajstić information content (AvgIpc) is 3.24. The van der Waals surface area contributed by atoms with Gasteiger partial charge in [0.15, 0.2) is 5.76 Å². The molecule has 0 bridgehead atoms. The first-order valence-corrected chi connectivity index (χ1v) is 10.9. The first-order chi connectivity index (χ1) is 14.4. The van der Waals surface area contributed by atoms with E-state index in [1.54, 1.807) is 11.6 Å². The van der Waals surface area contributed by atoms with Crippen LogP contribution in [-0.4, -0.2) is 50.4 Å². The number of nitrogens with zero attached hydrogens (tertiary/aromatic N) is 1. The average molecular weight is 455 g/mol. The smallest absolute Gasteiger partial charge is 0.299 e. The molecule has 12 heteroatoms. The maximum Gasteiger partial charge on any atom is 0.299 e. The fourth-order valence-electron chi connectivity index (χ4n) is 3.22. The van der Waals surface area contributed by atoms with Gasteiger partial charge >= 0.3 is 0 Å². The summed E-state index contributed by atoms with van der Waals surface area (Å²) in [5, 5.41) is 6.44. The molecule has 3 rings (SSSR count). The van der Waals surface area contributed by atoms with Crippen LogP contribution >= 0.6 is 0 Å². The number of hydrogen-bond donors (Lipinski definition) is 2. The molecule has 31 heavy (non-hydrogen) atoms. The van der Waals surface area contributed by atoms with Crippen LogP contribution in [-0.2, 0) is 29.2 Å². The van der Waals surface area contributed by atoms with Gasteiger partial charge < -0.3 is 14.9 Å². The molecule has 0 aromatic heterocycles. The third-order valence-corrected chi connectivity index (χ3v) is 5.31. The minimum Gasteiger partial charge on any atom is -0.486 e. The molecule has 2 heterocycles. The molecule has 0 radical (unpaired) electrons. The Morgan fingerprint density at radius 3 is 2.52 bits per heavy atom. The zero-order valence-corrected chi connectivity index (χ0v) is 17.3. The van der Waals surface area contributed by atoms with Crippen molar-refractivity contribution in [2.45, 2.75) is 18.6 Å². The van der Waals surface area contributed by atoms with E-state index < -0.39 is 51.0 Å². The topological polar surface area (TPSA) is 123 Å². The highest BCUT2D eigenvalue weighted by Gasteiger charge is 2.51. The van der Waals surface area contributed by atoms with Crippen LogP contribution in [0.5, 0.6) is 0 Å². The van der Waals surface area contributed by atoms with Crippen molar-refractivity contribution in [2.24, 2.45) is 11.1 Å². The van der Waals surface area contributed by atoms with E-state index in [4.69, 9.17) is 9.57 Å². The van der Waals surface area contributed by atoms with E-state index in [-0.39, 0.29) is 23.6 Å². The first kappa shape index (κ1) is 22.4. The third-order valence-electron chi connectivity index (χ3n) is 4.75. The Morgan fingerprint density at radius 1 is 1.29 bits per heavy atom. The highest BCUT2D eigenvalue weighted by atomic mass is 32.2. The van der Waals surface area contributed by atoms with E-state index in [9.17, 15) is 26.8 Å². The van der Waals surface area contributed by atoms with Gasteiger partial charge in [0.05, 0.1) is 23.9 Å². The van der Waals surface area contributed by atoms with Crippen molar-refractivity contribution in [3.8, 4) is 0 Å². The summed E-state index contributed by atoms with van der Waals surface area (Å²) in [6, 6.07) is 2.08. The zero-order valence-electron chi connectivity index (χ0n) is 16.5. The number of carbonyl (C=O) groups excluding carboxylic acids is 2. The van der Waals surface area contributed by atoms with Crippen molar-refractivity contribution in [3.05, 3.63) is 59.9 Å². The number of benzene rings is 1. The largest absolute Gasteiger partial charge is 0.486 e. The first-order valence-electron chi connectivity index (χ1n) is 8.99. The second kappa shape index (κ2) is 8.10. The van der Waals surface area contributed by atoms with Crippen LogP contribution in [0, 0.1) is 17.6 Å². The van der Waals surface area contributed by atoms with Crippen molar-refractivity contribution in [2.75, 3.05) is 12.9 Å². The van der Waals surface area contributed by atoms with Gasteiger partial charge in [-0.25, -0.2) is 21.9 Å². The molecule has 1 aromatic rings. The minimum atomic E-state index is -3.78. The molecule has 166 valence electrons. The summed E-state index contributed by atoms with van der Waals surface area (Å²) in [5.74, 6) is -4.29. The highest BCUT2D eigenvalue weighted by Crippen LogP contribution is 2.34. The molecule has 9 nitrogen and oxygen atoms in total. The summed E-state index contributed by atoms with van der Waals surface area (Å²) in [4.78, 5) is 30.2. The molecular weight excluding hydrogens is 436 g/mol. The summed E-state index contributed by atoms with van der Waals surface area (Å²) < 4.78 is 56.4. The Balaban J connectivity index is 1.75. The lowest BCUT2D eigenvalue weighted by Crippen LogP contribution is -2.53. The number of sulfonamides is 1. The van der Waals surface area contributed by atoms with Gasteiger partial charge in [0.2, 0.25) is 15.6 Å². The number of hydrogen-bond acceptors (Lipinski definition) is 7. The molecule has 1 unspecified atom stereocenters. The molecular formula is C19H19F2N3O6S. The number of oxime groups is 1. The lowest BCUT2D eigenvalue weighted by molar-refractivity contribution is -0.141. The van der Waals surface area contributed by atoms with Crippen LogP contribution in [0.25, 0.3) is 0 Å². The molecule has 0 aliphatic carbocycles. The molecule has 0 spiro atoms. The third kappa shape index (κ3) is 4.58. The van der Waals surface area contributed by atoms with Gasteiger partial charge in [-0.1, -0.05) is 18.7 Å². The van der Waals surface area contributed by atoms with E-state index in [0.717, 1.165) is 18.4 Å². The number of rotatable bonds is 6. The number of halogens is 2. The number of amides is 2. The monoisotopic (exact) mass is 455 g/mol. The van der Waals surface area contributed by atoms with Crippen LogP contribution in [0.3, 0.4) is 0 Å². The van der Waals surface area contributed by atoms with Crippen LogP contribution in [0.4, 0.5) is 8.78 Å². The lowest BCUT2D eigenvalue weighted by Gasteiger charge is -2.27. The van der Waals surface area contributed by atoms with Crippen molar-refractivity contribution >= 4 is 27.5 Å². The Hall–Kier alpha value is -3.28. The molecule has 0 saturated carbocycles. The van der Waals surface area contributed by atoms with Gasteiger partial charge in [0.25, 0.3) is 11.8 Å².